The van der Waals surface area contributed by atoms with Crippen molar-refractivity contribution in [3.05, 3.63) is 113 Å². The number of nitrogens with one attached hydrogen (secondary N) is 1. The van der Waals surface area contributed by atoms with Crippen LogP contribution in [0.2, 0.25) is 0 Å². The lowest BCUT2D eigenvalue weighted by molar-refractivity contribution is 0.102. The van der Waals surface area contributed by atoms with Crippen molar-refractivity contribution in [1.82, 2.24) is 4.57 Å². The Bertz CT molecular complexity index is 1160. The third-order valence-corrected chi connectivity index (χ3v) is 4.48. The molecule has 3 aromatic carbocycles. The molecule has 4 aromatic rings. The van der Waals surface area contributed by atoms with Gasteiger partial charge < -0.3 is 9.88 Å². The van der Waals surface area contributed by atoms with Crippen LogP contribution in [0.25, 0.3) is 10.8 Å². The van der Waals surface area contributed by atoms with Gasteiger partial charge in [-0.25, -0.2) is 0 Å². The van der Waals surface area contributed by atoms with Gasteiger partial charge in [0.15, 0.2) is 0 Å². The third-order valence-electron chi connectivity index (χ3n) is 4.48. The summed E-state index contributed by atoms with van der Waals surface area (Å²) in [6, 6.07) is 26.4. The van der Waals surface area contributed by atoms with E-state index in [9.17, 15) is 9.59 Å². The number of anilines is 1. The van der Waals surface area contributed by atoms with Crippen molar-refractivity contribution in [2.75, 3.05) is 5.32 Å². The Balaban J connectivity index is 1.62. The summed E-state index contributed by atoms with van der Waals surface area (Å²) in [6.45, 7) is 0.426. The van der Waals surface area contributed by atoms with Crippen molar-refractivity contribution in [1.29, 1.82) is 0 Å². The number of rotatable bonds is 4. The number of nitrogens with zero attached hydrogens (tertiary/aromatic N) is 1. The van der Waals surface area contributed by atoms with Gasteiger partial charge in [0.25, 0.3) is 11.5 Å². The summed E-state index contributed by atoms with van der Waals surface area (Å²) in [4.78, 5) is 24.9. The van der Waals surface area contributed by atoms with Gasteiger partial charge in [-0.2, -0.15) is 0 Å². The number of hydrogen-bond acceptors (Lipinski definition) is 2. The Hall–Kier alpha value is -3.66. The maximum atomic E-state index is 12.7. The number of carbonyl (C=O) groups excluding carboxylic acids is 1. The van der Waals surface area contributed by atoms with Crippen LogP contribution in [0.1, 0.15) is 15.9 Å². The molecule has 4 nitrogen and oxygen atoms in total. The Morgan fingerprint density at radius 3 is 2.41 bits per heavy atom. The lowest BCUT2D eigenvalue weighted by Crippen LogP contribution is -2.22. The Morgan fingerprint density at radius 2 is 1.56 bits per heavy atom. The SMILES string of the molecule is O=C(Nc1cccc2ccccc12)c1ccc(=O)n(Cc2ccccc2)c1. The lowest BCUT2D eigenvalue weighted by Gasteiger charge is -2.11. The molecule has 1 aromatic heterocycles. The van der Waals surface area contributed by atoms with Gasteiger partial charge in [0.1, 0.15) is 0 Å². The maximum absolute atomic E-state index is 12.7. The van der Waals surface area contributed by atoms with E-state index in [1.165, 1.54) is 6.07 Å². The summed E-state index contributed by atoms with van der Waals surface area (Å²) >= 11 is 0. The molecule has 0 saturated carbocycles. The number of benzene rings is 3. The lowest BCUT2D eigenvalue weighted by atomic mass is 10.1. The van der Waals surface area contributed by atoms with Gasteiger partial charge in [-0.15, -0.1) is 0 Å². The zero-order valence-corrected chi connectivity index (χ0v) is 14.6. The highest BCUT2D eigenvalue weighted by Gasteiger charge is 2.10. The molecule has 0 aliphatic carbocycles. The molecule has 1 amide bonds. The zero-order valence-electron chi connectivity index (χ0n) is 14.6. The van der Waals surface area contributed by atoms with E-state index in [-0.39, 0.29) is 11.5 Å². The molecule has 1 heterocycles. The number of fused-ring (bicyclic) bond motifs is 1. The van der Waals surface area contributed by atoms with Crippen molar-refractivity contribution >= 4 is 22.4 Å². The highest BCUT2D eigenvalue weighted by molar-refractivity contribution is 6.08. The van der Waals surface area contributed by atoms with E-state index in [1.54, 1.807) is 16.8 Å². The quantitative estimate of drug-likeness (QED) is 0.594. The molecule has 0 aliphatic heterocycles. The summed E-state index contributed by atoms with van der Waals surface area (Å²) in [7, 11) is 0. The van der Waals surface area contributed by atoms with E-state index in [2.05, 4.69) is 5.32 Å². The molecule has 27 heavy (non-hydrogen) atoms. The molecule has 0 bridgehead atoms. The molecule has 1 N–H and O–H groups in total. The highest BCUT2D eigenvalue weighted by atomic mass is 16.2. The largest absolute Gasteiger partial charge is 0.321 e. The first-order valence-corrected chi connectivity index (χ1v) is 8.74. The summed E-state index contributed by atoms with van der Waals surface area (Å²) in [6.07, 6.45) is 1.61. The molecule has 0 atom stereocenters. The second kappa shape index (κ2) is 7.30. The smallest absolute Gasteiger partial charge is 0.257 e. The molecule has 132 valence electrons. The molecule has 4 heteroatoms. The fourth-order valence-corrected chi connectivity index (χ4v) is 3.10. The Labute approximate surface area is 156 Å². The van der Waals surface area contributed by atoms with Crippen molar-refractivity contribution in [2.45, 2.75) is 6.54 Å². The van der Waals surface area contributed by atoms with E-state index in [4.69, 9.17) is 0 Å². The number of aromatic nitrogens is 1. The van der Waals surface area contributed by atoms with Crippen LogP contribution in [0, 0.1) is 0 Å². The van der Waals surface area contributed by atoms with Crippen molar-refractivity contribution < 1.29 is 4.79 Å². The molecule has 4 rings (SSSR count). The first-order chi connectivity index (χ1) is 13.2. The number of carbonyl (C=O) groups is 1. The summed E-state index contributed by atoms with van der Waals surface area (Å²) in [5.74, 6) is -0.242. The average molecular weight is 354 g/mol. The zero-order chi connectivity index (χ0) is 18.6. The van der Waals surface area contributed by atoms with Crippen LogP contribution in [0.15, 0.2) is 95.9 Å². The minimum Gasteiger partial charge on any atom is -0.321 e. The third kappa shape index (κ3) is 3.65. The van der Waals surface area contributed by atoms with Gasteiger partial charge in [0.05, 0.1) is 12.1 Å². The summed E-state index contributed by atoms with van der Waals surface area (Å²) in [5.41, 5.74) is 2.06. The Kier molecular flexibility index (Phi) is 4.54. The first-order valence-electron chi connectivity index (χ1n) is 8.74. The van der Waals surface area contributed by atoms with Crippen molar-refractivity contribution in [3.8, 4) is 0 Å². The minimum absolute atomic E-state index is 0.138. The molecule has 0 saturated heterocycles. The number of pyridine rings is 1. The highest BCUT2D eigenvalue weighted by Crippen LogP contribution is 2.23. The predicted molar refractivity (Wildman–Crippen MR) is 108 cm³/mol. The van der Waals surface area contributed by atoms with Crippen LogP contribution >= 0.6 is 0 Å². The van der Waals surface area contributed by atoms with Crippen LogP contribution in [-0.2, 0) is 6.54 Å². The fraction of sp³-hybridized carbons (Fsp3) is 0.0435. The Morgan fingerprint density at radius 1 is 0.815 bits per heavy atom. The van der Waals surface area contributed by atoms with E-state index < -0.39 is 0 Å². The van der Waals surface area contributed by atoms with Crippen LogP contribution in [0.3, 0.4) is 0 Å². The molecule has 0 radical (unpaired) electrons. The maximum Gasteiger partial charge on any atom is 0.257 e. The molecule has 0 fully saturated rings. The van der Waals surface area contributed by atoms with Gasteiger partial charge in [0.2, 0.25) is 0 Å². The summed E-state index contributed by atoms with van der Waals surface area (Å²) in [5, 5.41) is 4.99. The minimum atomic E-state index is -0.242. The monoisotopic (exact) mass is 354 g/mol. The molecule has 0 unspecified atom stereocenters. The predicted octanol–water partition coefficient (Wildman–Crippen LogP) is 4.30. The fourth-order valence-electron chi connectivity index (χ4n) is 3.10. The van der Waals surface area contributed by atoms with Gasteiger partial charge in [-0.3, -0.25) is 9.59 Å². The first kappa shape index (κ1) is 16.8. The summed E-state index contributed by atoms with van der Waals surface area (Å²) < 4.78 is 1.55. The van der Waals surface area contributed by atoms with Crippen LogP contribution in [0.4, 0.5) is 5.69 Å². The standard InChI is InChI=1S/C23H18N2O2/c26-22-14-13-19(16-25(22)15-17-7-2-1-3-8-17)23(27)24-21-12-6-10-18-9-4-5-11-20(18)21/h1-14,16H,15H2,(H,24,27). The van der Waals surface area contributed by atoms with Gasteiger partial charge >= 0.3 is 0 Å². The van der Waals surface area contributed by atoms with E-state index >= 15 is 0 Å². The number of hydrogen-bond donors (Lipinski definition) is 1. The van der Waals surface area contributed by atoms with Gasteiger partial charge in [-0.1, -0.05) is 66.7 Å². The molecular formula is C23H18N2O2. The topological polar surface area (TPSA) is 51.1 Å². The van der Waals surface area contributed by atoms with Crippen LogP contribution in [-0.4, -0.2) is 10.5 Å². The van der Waals surface area contributed by atoms with Crippen molar-refractivity contribution in [3.63, 3.8) is 0 Å². The van der Waals surface area contributed by atoms with E-state index in [0.717, 1.165) is 22.0 Å². The second-order valence-corrected chi connectivity index (χ2v) is 6.35. The molecule has 0 aliphatic rings. The van der Waals surface area contributed by atoms with E-state index in [1.807, 2.05) is 72.8 Å². The average Bonchev–Trinajstić information content (AvgIpc) is 2.71. The second-order valence-electron chi connectivity index (χ2n) is 6.35. The normalized spacial score (nSPS) is 10.7. The van der Waals surface area contributed by atoms with Gasteiger partial charge in [0, 0.05) is 23.3 Å². The molecular weight excluding hydrogens is 336 g/mol. The number of amides is 1. The van der Waals surface area contributed by atoms with Crippen LogP contribution < -0.4 is 10.9 Å². The van der Waals surface area contributed by atoms with E-state index in [0.29, 0.717) is 12.1 Å². The van der Waals surface area contributed by atoms with Gasteiger partial charge in [-0.05, 0) is 23.1 Å². The molecule has 0 spiro atoms. The van der Waals surface area contributed by atoms with Crippen molar-refractivity contribution in [2.24, 2.45) is 0 Å². The van der Waals surface area contributed by atoms with Crippen LogP contribution in [0.5, 0.6) is 0 Å².